The Labute approximate surface area is 202 Å². The number of benzene rings is 1. The van der Waals surface area contributed by atoms with Crippen molar-refractivity contribution in [1.82, 2.24) is 14.9 Å². The van der Waals surface area contributed by atoms with E-state index in [2.05, 4.69) is 14.6 Å². The summed E-state index contributed by atoms with van der Waals surface area (Å²) in [5, 5.41) is 0. The Morgan fingerprint density at radius 3 is 2.54 bits per heavy atom. The average Bonchev–Trinajstić information content (AvgIpc) is 3.16. The molecule has 2 aliphatic rings. The smallest absolute Gasteiger partial charge is 0.387 e. The topological polar surface area (TPSA) is 67.8 Å². The molecule has 2 saturated heterocycles. The van der Waals surface area contributed by atoms with E-state index in [1.165, 1.54) is 6.07 Å². The molecule has 0 N–H and O–H groups in total. The number of nitrogens with zero attached hydrogens (tertiary/aromatic N) is 4. The first-order valence-electron chi connectivity index (χ1n) is 11.6. The van der Waals surface area contributed by atoms with E-state index >= 15 is 0 Å². The lowest BCUT2D eigenvalue weighted by atomic mass is 9.98. The molecule has 182 valence electrons. The molecule has 1 amide bonds. The van der Waals surface area contributed by atoms with Crippen LogP contribution < -0.4 is 9.64 Å². The van der Waals surface area contributed by atoms with Crippen molar-refractivity contribution in [1.29, 1.82) is 0 Å². The SMILES string of the molecule is Cc1ccc(OC(F)F)c(CN2C(=O)COC23CCN(c2cccc(-c4ccccc4)n2)CC3)n1. The standard InChI is InChI=1S/C26H26F2N4O3/c1-18-10-11-22(35-25(27)28)21(29-18)16-32-24(33)17-34-26(32)12-14-31(15-13-26)23-9-5-8-20(30-23)19-6-3-2-4-7-19/h2-11,25H,12-17H2,1H3. The molecule has 2 aliphatic heterocycles. The van der Waals surface area contributed by atoms with Crippen LogP contribution in [0.4, 0.5) is 14.6 Å². The van der Waals surface area contributed by atoms with E-state index in [-0.39, 0.29) is 24.8 Å². The summed E-state index contributed by atoms with van der Waals surface area (Å²) in [5.41, 5.74) is 2.09. The number of anilines is 1. The van der Waals surface area contributed by atoms with Crippen molar-refractivity contribution < 1.29 is 23.0 Å². The normalized spacial score (nSPS) is 17.4. The van der Waals surface area contributed by atoms with Crippen LogP contribution in [-0.4, -0.2) is 52.8 Å². The van der Waals surface area contributed by atoms with E-state index in [0.29, 0.717) is 37.3 Å². The third-order valence-electron chi connectivity index (χ3n) is 6.53. The molecule has 3 aromatic rings. The van der Waals surface area contributed by atoms with Gasteiger partial charge in [0.2, 0.25) is 0 Å². The maximum atomic E-state index is 12.9. The lowest BCUT2D eigenvalue weighted by Crippen LogP contribution is -2.54. The van der Waals surface area contributed by atoms with Gasteiger partial charge in [-0.2, -0.15) is 8.78 Å². The molecular weight excluding hydrogens is 454 g/mol. The van der Waals surface area contributed by atoms with E-state index in [4.69, 9.17) is 9.72 Å². The van der Waals surface area contributed by atoms with Crippen LogP contribution in [0.5, 0.6) is 5.75 Å². The van der Waals surface area contributed by atoms with E-state index in [0.717, 1.165) is 17.1 Å². The van der Waals surface area contributed by atoms with E-state index in [1.54, 1.807) is 17.9 Å². The Morgan fingerprint density at radius 1 is 1.03 bits per heavy atom. The van der Waals surface area contributed by atoms with Gasteiger partial charge in [0.25, 0.3) is 5.91 Å². The molecule has 1 spiro atoms. The number of rotatable bonds is 6. The summed E-state index contributed by atoms with van der Waals surface area (Å²) in [5.74, 6) is 0.652. The second-order valence-electron chi connectivity index (χ2n) is 8.72. The number of carbonyl (C=O) groups excluding carboxylic acids is 1. The predicted octanol–water partition coefficient (Wildman–Crippen LogP) is 4.41. The second kappa shape index (κ2) is 9.58. The number of hydrogen-bond donors (Lipinski definition) is 0. The highest BCUT2D eigenvalue weighted by molar-refractivity contribution is 5.80. The fraction of sp³-hybridized carbons (Fsp3) is 0.346. The van der Waals surface area contributed by atoms with Crippen molar-refractivity contribution >= 4 is 11.7 Å². The van der Waals surface area contributed by atoms with E-state index < -0.39 is 12.3 Å². The van der Waals surface area contributed by atoms with Crippen LogP contribution in [0.3, 0.4) is 0 Å². The number of pyridine rings is 2. The highest BCUT2D eigenvalue weighted by Gasteiger charge is 2.49. The van der Waals surface area contributed by atoms with Crippen molar-refractivity contribution in [2.45, 2.75) is 38.6 Å². The molecule has 1 aromatic carbocycles. The largest absolute Gasteiger partial charge is 0.433 e. The number of hydrogen-bond acceptors (Lipinski definition) is 6. The minimum absolute atomic E-state index is 0.0280. The summed E-state index contributed by atoms with van der Waals surface area (Å²) in [6.07, 6.45) is 1.12. The zero-order chi connectivity index (χ0) is 24.4. The molecule has 0 bridgehead atoms. The molecule has 7 nitrogen and oxygen atoms in total. The Kier molecular flexibility index (Phi) is 6.34. The number of aryl methyl sites for hydroxylation is 1. The minimum Gasteiger partial charge on any atom is -0.433 e. The molecule has 5 rings (SSSR count). The second-order valence-corrected chi connectivity index (χ2v) is 8.72. The number of halogens is 2. The minimum atomic E-state index is -2.97. The van der Waals surface area contributed by atoms with Crippen molar-refractivity contribution in [2.24, 2.45) is 0 Å². The molecule has 9 heteroatoms. The Balaban J connectivity index is 1.33. The van der Waals surface area contributed by atoms with Crippen LogP contribution in [0.1, 0.15) is 24.2 Å². The lowest BCUT2D eigenvalue weighted by molar-refractivity contribution is -0.138. The van der Waals surface area contributed by atoms with Crippen LogP contribution in [0.25, 0.3) is 11.3 Å². The first-order chi connectivity index (χ1) is 16.9. The number of amides is 1. The van der Waals surface area contributed by atoms with Gasteiger partial charge in [0.05, 0.1) is 12.2 Å². The van der Waals surface area contributed by atoms with Crippen molar-refractivity contribution in [2.75, 3.05) is 24.6 Å². The van der Waals surface area contributed by atoms with Gasteiger partial charge in [-0.3, -0.25) is 9.78 Å². The van der Waals surface area contributed by atoms with Crippen molar-refractivity contribution in [3.8, 4) is 17.0 Å². The molecule has 35 heavy (non-hydrogen) atoms. The summed E-state index contributed by atoms with van der Waals surface area (Å²) in [6.45, 7) is 0.0686. The third kappa shape index (κ3) is 4.81. The third-order valence-corrected chi connectivity index (χ3v) is 6.53. The van der Waals surface area contributed by atoms with Gasteiger partial charge in [0.15, 0.2) is 0 Å². The first kappa shape index (κ1) is 23.2. The predicted molar refractivity (Wildman–Crippen MR) is 126 cm³/mol. The summed E-state index contributed by atoms with van der Waals surface area (Å²) < 4.78 is 36.5. The highest BCUT2D eigenvalue weighted by Crippen LogP contribution is 2.38. The average molecular weight is 481 g/mol. The summed E-state index contributed by atoms with van der Waals surface area (Å²) in [7, 11) is 0. The van der Waals surface area contributed by atoms with Gasteiger partial charge in [-0.05, 0) is 31.2 Å². The number of ether oxygens (including phenoxy) is 2. The zero-order valence-corrected chi connectivity index (χ0v) is 19.4. The van der Waals surface area contributed by atoms with Gasteiger partial charge in [-0.25, -0.2) is 4.98 Å². The maximum absolute atomic E-state index is 12.9. The first-order valence-corrected chi connectivity index (χ1v) is 11.6. The number of alkyl halides is 2. The fourth-order valence-electron chi connectivity index (χ4n) is 4.74. The van der Waals surface area contributed by atoms with Gasteiger partial charge in [0, 0.05) is 37.2 Å². The molecule has 0 radical (unpaired) electrons. The van der Waals surface area contributed by atoms with Crippen molar-refractivity contribution in [3.63, 3.8) is 0 Å². The summed E-state index contributed by atoms with van der Waals surface area (Å²) >= 11 is 0. The molecule has 0 atom stereocenters. The highest BCUT2D eigenvalue weighted by atomic mass is 19.3. The molecule has 2 fully saturated rings. The molecular formula is C26H26F2N4O3. The summed E-state index contributed by atoms with van der Waals surface area (Å²) in [4.78, 5) is 25.8. The summed E-state index contributed by atoms with van der Waals surface area (Å²) in [6, 6.07) is 19.0. The van der Waals surface area contributed by atoms with Crippen LogP contribution >= 0.6 is 0 Å². The Bertz CT molecular complexity index is 1200. The fourth-order valence-corrected chi connectivity index (χ4v) is 4.74. The van der Waals surface area contributed by atoms with E-state index in [9.17, 15) is 13.6 Å². The van der Waals surface area contributed by atoms with Crippen molar-refractivity contribution in [3.05, 3.63) is 72.1 Å². The van der Waals surface area contributed by atoms with Gasteiger partial charge < -0.3 is 19.3 Å². The molecule has 0 unspecified atom stereocenters. The number of aromatic nitrogens is 2. The number of piperidine rings is 1. The molecule has 0 aliphatic carbocycles. The lowest BCUT2D eigenvalue weighted by Gasteiger charge is -2.43. The van der Waals surface area contributed by atoms with Gasteiger partial charge in [0.1, 0.15) is 29.6 Å². The van der Waals surface area contributed by atoms with Gasteiger partial charge >= 0.3 is 6.61 Å². The maximum Gasteiger partial charge on any atom is 0.387 e. The monoisotopic (exact) mass is 480 g/mol. The van der Waals surface area contributed by atoms with Crippen LogP contribution in [0.15, 0.2) is 60.7 Å². The van der Waals surface area contributed by atoms with Crippen LogP contribution in [0, 0.1) is 6.92 Å². The van der Waals surface area contributed by atoms with Crippen LogP contribution in [-0.2, 0) is 16.1 Å². The molecule has 2 aromatic heterocycles. The van der Waals surface area contributed by atoms with E-state index in [1.807, 2.05) is 48.5 Å². The van der Waals surface area contributed by atoms with Crippen LogP contribution in [0.2, 0.25) is 0 Å². The van der Waals surface area contributed by atoms with Gasteiger partial charge in [-0.1, -0.05) is 36.4 Å². The Morgan fingerprint density at radius 2 is 1.80 bits per heavy atom. The number of carbonyl (C=O) groups is 1. The zero-order valence-electron chi connectivity index (χ0n) is 19.4. The molecule has 4 heterocycles. The van der Waals surface area contributed by atoms with Gasteiger partial charge in [-0.15, -0.1) is 0 Å². The quantitative estimate of drug-likeness (QED) is 0.521. The Hall–Kier alpha value is -3.59. The molecule has 0 saturated carbocycles.